The van der Waals surface area contributed by atoms with Crippen molar-refractivity contribution in [1.29, 1.82) is 0 Å². The standard InChI is InChI=1S/C12H12BrFN2O3S/c1-7-12(8(2)19-16-7)20(17,18)15-6-9-3-4-11(14)10(13)5-9/h3-5,15H,6H2,1-2H3. The number of nitrogens with zero attached hydrogens (tertiary/aromatic N) is 1. The van der Waals surface area contributed by atoms with E-state index in [1.165, 1.54) is 25.1 Å². The van der Waals surface area contributed by atoms with Crippen LogP contribution in [0.4, 0.5) is 4.39 Å². The van der Waals surface area contributed by atoms with Gasteiger partial charge in [-0.2, -0.15) is 0 Å². The van der Waals surface area contributed by atoms with Crippen molar-refractivity contribution < 1.29 is 17.3 Å². The number of sulfonamides is 1. The molecule has 0 saturated carbocycles. The van der Waals surface area contributed by atoms with Gasteiger partial charge < -0.3 is 4.52 Å². The molecule has 8 heteroatoms. The fourth-order valence-electron chi connectivity index (χ4n) is 1.76. The van der Waals surface area contributed by atoms with Crippen molar-refractivity contribution in [3.8, 4) is 0 Å². The van der Waals surface area contributed by atoms with E-state index < -0.39 is 15.8 Å². The first kappa shape index (κ1) is 15.1. The third-order valence-corrected chi connectivity index (χ3v) is 4.94. The lowest BCUT2D eigenvalue weighted by Crippen LogP contribution is -2.24. The molecule has 1 aromatic heterocycles. The monoisotopic (exact) mass is 362 g/mol. The second kappa shape index (κ2) is 5.63. The van der Waals surface area contributed by atoms with Crippen molar-refractivity contribution in [2.45, 2.75) is 25.3 Å². The van der Waals surface area contributed by atoms with Gasteiger partial charge in [-0.05, 0) is 47.5 Å². The zero-order chi connectivity index (χ0) is 14.9. The van der Waals surface area contributed by atoms with Gasteiger partial charge >= 0.3 is 0 Å². The van der Waals surface area contributed by atoms with Crippen molar-refractivity contribution in [2.75, 3.05) is 0 Å². The Balaban J connectivity index is 2.19. The Morgan fingerprint density at radius 2 is 2.10 bits per heavy atom. The quantitative estimate of drug-likeness (QED) is 0.907. The van der Waals surface area contributed by atoms with Crippen molar-refractivity contribution in [2.24, 2.45) is 0 Å². The van der Waals surface area contributed by atoms with E-state index in [2.05, 4.69) is 25.8 Å². The average Bonchev–Trinajstić information content (AvgIpc) is 2.71. The molecule has 0 spiro atoms. The topological polar surface area (TPSA) is 72.2 Å². The van der Waals surface area contributed by atoms with Crippen LogP contribution >= 0.6 is 15.9 Å². The summed E-state index contributed by atoms with van der Waals surface area (Å²) in [4.78, 5) is 0.0404. The third-order valence-electron chi connectivity index (χ3n) is 2.69. The summed E-state index contributed by atoms with van der Waals surface area (Å²) in [7, 11) is -3.71. The number of nitrogens with one attached hydrogen (secondary N) is 1. The Labute approximate surface area is 124 Å². The van der Waals surface area contributed by atoms with Gasteiger partial charge in [0.1, 0.15) is 16.4 Å². The number of halogens is 2. The van der Waals surface area contributed by atoms with Gasteiger partial charge in [0, 0.05) is 6.54 Å². The summed E-state index contributed by atoms with van der Waals surface area (Å²) in [6, 6.07) is 4.30. The zero-order valence-corrected chi connectivity index (χ0v) is 13.2. The van der Waals surface area contributed by atoms with E-state index in [4.69, 9.17) is 4.52 Å². The minimum Gasteiger partial charge on any atom is -0.360 e. The van der Waals surface area contributed by atoms with Gasteiger partial charge in [-0.3, -0.25) is 0 Å². The minimum atomic E-state index is -3.71. The average molecular weight is 363 g/mol. The molecule has 1 N–H and O–H groups in total. The summed E-state index contributed by atoms with van der Waals surface area (Å²) < 4.78 is 45.0. The molecule has 1 aromatic carbocycles. The largest absolute Gasteiger partial charge is 0.360 e. The van der Waals surface area contributed by atoms with Gasteiger partial charge in [-0.25, -0.2) is 17.5 Å². The summed E-state index contributed by atoms with van der Waals surface area (Å²) in [6.45, 7) is 3.13. The number of hydrogen-bond donors (Lipinski definition) is 1. The number of rotatable bonds is 4. The maximum absolute atomic E-state index is 13.1. The second-order valence-corrected chi connectivity index (χ2v) is 6.78. The van der Waals surface area contributed by atoms with E-state index in [9.17, 15) is 12.8 Å². The van der Waals surface area contributed by atoms with Crippen LogP contribution in [-0.2, 0) is 16.6 Å². The highest BCUT2D eigenvalue weighted by Gasteiger charge is 2.23. The number of hydrogen-bond acceptors (Lipinski definition) is 4. The minimum absolute atomic E-state index is 0.0404. The summed E-state index contributed by atoms with van der Waals surface area (Å²) in [5.74, 6) is -0.169. The van der Waals surface area contributed by atoms with E-state index in [1.807, 2.05) is 0 Å². The molecular weight excluding hydrogens is 351 g/mol. The zero-order valence-electron chi connectivity index (χ0n) is 10.8. The number of aromatic nitrogens is 1. The first-order valence-electron chi connectivity index (χ1n) is 5.67. The summed E-state index contributed by atoms with van der Waals surface area (Å²) in [6.07, 6.45) is 0. The Kier molecular flexibility index (Phi) is 4.26. The fourth-order valence-corrected chi connectivity index (χ4v) is 3.53. The summed E-state index contributed by atoms with van der Waals surface area (Å²) in [5, 5.41) is 3.61. The van der Waals surface area contributed by atoms with E-state index >= 15 is 0 Å². The molecule has 0 unspecified atom stereocenters. The third kappa shape index (κ3) is 3.08. The van der Waals surface area contributed by atoms with Crippen molar-refractivity contribution in [1.82, 2.24) is 9.88 Å². The molecule has 0 bridgehead atoms. The van der Waals surface area contributed by atoms with E-state index in [0.717, 1.165) is 0 Å². The smallest absolute Gasteiger partial charge is 0.246 e. The summed E-state index contributed by atoms with van der Waals surface area (Å²) in [5.41, 5.74) is 0.934. The van der Waals surface area contributed by atoms with E-state index in [1.54, 1.807) is 6.92 Å². The molecule has 0 amide bonds. The molecule has 1 heterocycles. The van der Waals surface area contributed by atoms with Gasteiger partial charge in [0.2, 0.25) is 10.0 Å². The summed E-state index contributed by atoms with van der Waals surface area (Å²) >= 11 is 3.05. The van der Waals surface area contributed by atoms with Gasteiger partial charge in [-0.15, -0.1) is 0 Å². The Hall–Kier alpha value is -1.25. The first-order valence-corrected chi connectivity index (χ1v) is 7.95. The molecular formula is C12H12BrFN2O3S. The molecule has 0 atom stereocenters. The molecule has 108 valence electrons. The van der Waals surface area contributed by atoms with Crippen LogP contribution in [-0.4, -0.2) is 13.6 Å². The maximum atomic E-state index is 13.1. The van der Waals surface area contributed by atoms with Crippen molar-refractivity contribution in [3.63, 3.8) is 0 Å². The molecule has 20 heavy (non-hydrogen) atoms. The van der Waals surface area contributed by atoms with E-state index in [-0.39, 0.29) is 21.7 Å². The second-order valence-electron chi connectivity index (χ2n) is 4.23. The van der Waals surface area contributed by atoms with Crippen LogP contribution in [0.15, 0.2) is 32.1 Å². The van der Waals surface area contributed by atoms with Crippen LogP contribution in [0.1, 0.15) is 17.0 Å². The lowest BCUT2D eigenvalue weighted by atomic mass is 10.2. The van der Waals surface area contributed by atoms with Crippen LogP contribution in [0.3, 0.4) is 0 Å². The predicted molar refractivity (Wildman–Crippen MR) is 74.1 cm³/mol. The highest BCUT2D eigenvalue weighted by molar-refractivity contribution is 9.10. The fraction of sp³-hybridized carbons (Fsp3) is 0.250. The van der Waals surface area contributed by atoms with Crippen LogP contribution in [0.25, 0.3) is 0 Å². The lowest BCUT2D eigenvalue weighted by Gasteiger charge is -2.07. The molecule has 0 fully saturated rings. The highest BCUT2D eigenvalue weighted by atomic mass is 79.9. The SMILES string of the molecule is Cc1noc(C)c1S(=O)(=O)NCc1ccc(F)c(Br)c1. The van der Waals surface area contributed by atoms with Gasteiger partial charge in [0.25, 0.3) is 0 Å². The molecule has 0 saturated heterocycles. The lowest BCUT2D eigenvalue weighted by molar-refractivity contribution is 0.390. The first-order chi connectivity index (χ1) is 9.31. The molecule has 2 aromatic rings. The molecule has 0 aliphatic heterocycles. The molecule has 0 aliphatic carbocycles. The van der Waals surface area contributed by atoms with Crippen LogP contribution in [0, 0.1) is 19.7 Å². The van der Waals surface area contributed by atoms with Crippen LogP contribution in [0.5, 0.6) is 0 Å². The van der Waals surface area contributed by atoms with Crippen molar-refractivity contribution in [3.05, 3.63) is 45.5 Å². The maximum Gasteiger partial charge on any atom is 0.246 e. The molecule has 0 aliphatic rings. The van der Waals surface area contributed by atoms with Crippen molar-refractivity contribution >= 4 is 26.0 Å². The normalized spacial score (nSPS) is 11.8. The van der Waals surface area contributed by atoms with Gasteiger partial charge in [0.05, 0.1) is 4.47 Å². The number of benzene rings is 1. The van der Waals surface area contributed by atoms with E-state index in [0.29, 0.717) is 11.3 Å². The Morgan fingerprint density at radius 1 is 1.40 bits per heavy atom. The predicted octanol–water partition coefficient (Wildman–Crippen LogP) is 2.67. The van der Waals surface area contributed by atoms with Crippen LogP contribution in [0.2, 0.25) is 0 Å². The Bertz CT molecular complexity index is 724. The van der Waals surface area contributed by atoms with Crippen LogP contribution < -0.4 is 4.72 Å². The van der Waals surface area contributed by atoms with Gasteiger partial charge in [-0.1, -0.05) is 11.2 Å². The molecule has 5 nitrogen and oxygen atoms in total. The highest BCUT2D eigenvalue weighted by Crippen LogP contribution is 2.20. The van der Waals surface area contributed by atoms with Gasteiger partial charge in [0.15, 0.2) is 5.76 Å². The Morgan fingerprint density at radius 3 is 2.65 bits per heavy atom. The molecule has 0 radical (unpaired) electrons. The molecule has 2 rings (SSSR count). The number of aryl methyl sites for hydroxylation is 2.